The fourth-order valence-corrected chi connectivity index (χ4v) is 1.52. The molecule has 1 amide bonds. The number of carbonyl (C=O) groups is 2. The van der Waals surface area contributed by atoms with E-state index in [1.165, 1.54) is 12.3 Å². The molecule has 1 heterocycles. The predicted molar refractivity (Wildman–Crippen MR) is 67.2 cm³/mol. The van der Waals surface area contributed by atoms with Crippen molar-refractivity contribution in [2.75, 3.05) is 5.32 Å². The van der Waals surface area contributed by atoms with Crippen molar-refractivity contribution in [2.24, 2.45) is 0 Å². The van der Waals surface area contributed by atoms with E-state index in [-0.39, 0.29) is 0 Å². The summed E-state index contributed by atoms with van der Waals surface area (Å²) in [7, 11) is 0. The molecule has 0 aromatic carbocycles. The van der Waals surface area contributed by atoms with Crippen LogP contribution in [-0.4, -0.2) is 23.0 Å². The van der Waals surface area contributed by atoms with Gasteiger partial charge < -0.3 is 4.74 Å². The van der Waals surface area contributed by atoms with E-state index in [9.17, 15) is 9.59 Å². The van der Waals surface area contributed by atoms with E-state index in [4.69, 9.17) is 4.74 Å². The van der Waals surface area contributed by atoms with Gasteiger partial charge >= 0.3 is 6.09 Å². The third-order valence-electron chi connectivity index (χ3n) is 1.69. The second-order valence-electron chi connectivity index (χ2n) is 4.31. The van der Waals surface area contributed by atoms with Crippen LogP contribution in [0.1, 0.15) is 31.1 Å². The lowest BCUT2D eigenvalue weighted by Crippen LogP contribution is -2.27. The number of aromatic nitrogens is 1. The van der Waals surface area contributed by atoms with Crippen molar-refractivity contribution in [3.05, 3.63) is 22.4 Å². The molecular weight excluding hydrogens is 288 g/mol. The lowest BCUT2D eigenvalue weighted by molar-refractivity contribution is 0.0635. The fraction of sp³-hybridized carbons (Fsp3) is 0.364. The Morgan fingerprint density at radius 1 is 1.53 bits per heavy atom. The molecule has 0 aliphatic rings. The minimum absolute atomic E-state index is 0.303. The van der Waals surface area contributed by atoms with Crippen molar-refractivity contribution in [2.45, 2.75) is 26.4 Å². The molecule has 0 bridgehead atoms. The van der Waals surface area contributed by atoms with Gasteiger partial charge in [0, 0.05) is 11.8 Å². The summed E-state index contributed by atoms with van der Waals surface area (Å²) in [4.78, 5) is 26.3. The van der Waals surface area contributed by atoms with Gasteiger partial charge in [0.1, 0.15) is 10.2 Å². The number of pyridine rings is 1. The van der Waals surface area contributed by atoms with E-state index in [1.54, 1.807) is 20.8 Å². The number of halogens is 1. The zero-order valence-electron chi connectivity index (χ0n) is 9.78. The van der Waals surface area contributed by atoms with Gasteiger partial charge in [-0.3, -0.25) is 10.1 Å². The predicted octanol–water partition coefficient (Wildman–Crippen LogP) is 3.00. The van der Waals surface area contributed by atoms with Gasteiger partial charge in [0.2, 0.25) is 0 Å². The maximum atomic E-state index is 11.6. The second kappa shape index (κ2) is 5.27. The van der Waals surface area contributed by atoms with Gasteiger partial charge in [-0.15, -0.1) is 0 Å². The summed E-state index contributed by atoms with van der Waals surface area (Å²) >= 11 is 3.16. The molecule has 92 valence electrons. The maximum Gasteiger partial charge on any atom is 0.412 e. The van der Waals surface area contributed by atoms with Gasteiger partial charge in [0.05, 0.1) is 5.69 Å². The van der Waals surface area contributed by atoms with E-state index in [1.807, 2.05) is 0 Å². The minimum atomic E-state index is -0.630. The second-order valence-corrected chi connectivity index (χ2v) is 5.06. The Balaban J connectivity index is 2.88. The normalized spacial score (nSPS) is 10.8. The van der Waals surface area contributed by atoms with Crippen molar-refractivity contribution < 1.29 is 14.3 Å². The van der Waals surface area contributed by atoms with Crippen molar-refractivity contribution in [3.63, 3.8) is 0 Å². The number of rotatable bonds is 2. The topological polar surface area (TPSA) is 68.3 Å². The first-order valence-corrected chi connectivity index (χ1v) is 5.72. The highest BCUT2D eigenvalue weighted by Gasteiger charge is 2.18. The quantitative estimate of drug-likeness (QED) is 0.673. The van der Waals surface area contributed by atoms with E-state index < -0.39 is 11.7 Å². The van der Waals surface area contributed by atoms with E-state index in [0.29, 0.717) is 22.1 Å². The summed E-state index contributed by atoms with van der Waals surface area (Å²) in [5.41, 5.74) is 0.0367. The molecule has 1 N–H and O–H groups in total. The molecule has 0 saturated carbocycles. The Kier molecular flexibility index (Phi) is 4.22. The van der Waals surface area contributed by atoms with Gasteiger partial charge in [-0.2, -0.15) is 0 Å². The first-order chi connectivity index (χ1) is 7.83. The molecule has 0 aliphatic heterocycles. The van der Waals surface area contributed by atoms with Crippen LogP contribution in [0.2, 0.25) is 0 Å². The van der Waals surface area contributed by atoms with E-state index in [2.05, 4.69) is 26.2 Å². The highest BCUT2D eigenvalue weighted by atomic mass is 79.9. The van der Waals surface area contributed by atoms with Crippen molar-refractivity contribution >= 4 is 34.0 Å². The Hall–Kier alpha value is -1.43. The van der Waals surface area contributed by atoms with Crippen molar-refractivity contribution in [3.8, 4) is 0 Å². The molecular formula is C11H13BrN2O3. The average molecular weight is 301 g/mol. The summed E-state index contributed by atoms with van der Waals surface area (Å²) in [6.07, 6.45) is 1.47. The van der Waals surface area contributed by atoms with Crippen LogP contribution in [-0.2, 0) is 4.74 Å². The molecule has 1 aromatic heterocycles. The molecule has 6 heteroatoms. The summed E-state index contributed by atoms with van der Waals surface area (Å²) in [6, 6.07) is 1.50. The Labute approximate surface area is 108 Å². The fourth-order valence-electron chi connectivity index (χ4n) is 1.08. The summed E-state index contributed by atoms with van der Waals surface area (Å²) < 4.78 is 5.46. The third-order valence-corrected chi connectivity index (χ3v) is 2.29. The molecule has 0 atom stereocenters. The van der Waals surface area contributed by atoms with E-state index >= 15 is 0 Å². The van der Waals surface area contributed by atoms with Gasteiger partial charge in [-0.05, 0) is 42.8 Å². The van der Waals surface area contributed by atoms with Crippen LogP contribution in [0.15, 0.2) is 16.9 Å². The summed E-state index contributed by atoms with van der Waals surface area (Å²) in [6.45, 7) is 5.27. The number of carbonyl (C=O) groups excluding carboxylic acids is 2. The lowest BCUT2D eigenvalue weighted by atomic mass is 10.2. The van der Waals surface area contributed by atoms with Gasteiger partial charge in [0.25, 0.3) is 0 Å². The number of aldehydes is 1. The monoisotopic (exact) mass is 300 g/mol. The zero-order valence-corrected chi connectivity index (χ0v) is 11.4. The minimum Gasteiger partial charge on any atom is -0.444 e. The summed E-state index contributed by atoms with van der Waals surface area (Å²) in [5, 5.41) is 2.48. The molecule has 17 heavy (non-hydrogen) atoms. The SMILES string of the molecule is CC(C)(C)OC(=O)Nc1c(C=O)ccnc1Br. The average Bonchev–Trinajstić information content (AvgIpc) is 2.18. The highest BCUT2D eigenvalue weighted by Crippen LogP contribution is 2.23. The van der Waals surface area contributed by atoms with Crippen LogP contribution >= 0.6 is 15.9 Å². The van der Waals surface area contributed by atoms with E-state index in [0.717, 1.165) is 0 Å². The summed E-state index contributed by atoms with van der Waals surface area (Å²) in [5.74, 6) is 0. The van der Waals surface area contributed by atoms with Crippen LogP contribution < -0.4 is 5.32 Å². The highest BCUT2D eigenvalue weighted by molar-refractivity contribution is 9.10. The molecule has 0 spiro atoms. The van der Waals surface area contributed by atoms with Crippen LogP contribution in [0, 0.1) is 0 Å². The number of hydrogen-bond acceptors (Lipinski definition) is 4. The molecule has 1 aromatic rings. The molecule has 0 unspecified atom stereocenters. The number of nitrogens with zero attached hydrogens (tertiary/aromatic N) is 1. The third kappa shape index (κ3) is 4.14. The van der Waals surface area contributed by atoms with Crippen molar-refractivity contribution in [1.82, 2.24) is 4.98 Å². The first kappa shape index (κ1) is 13.6. The molecule has 5 nitrogen and oxygen atoms in total. The molecule has 0 saturated heterocycles. The zero-order chi connectivity index (χ0) is 13.1. The van der Waals surface area contributed by atoms with Crippen LogP contribution in [0.3, 0.4) is 0 Å². The maximum absolute atomic E-state index is 11.6. The molecule has 0 aliphatic carbocycles. The standard InChI is InChI=1S/C11H13BrN2O3/c1-11(2,3)17-10(16)14-8-7(6-15)4-5-13-9(8)12/h4-6H,1-3H3,(H,14,16). The molecule has 0 radical (unpaired) electrons. The lowest BCUT2D eigenvalue weighted by Gasteiger charge is -2.20. The number of amides is 1. The molecule has 0 fully saturated rings. The largest absolute Gasteiger partial charge is 0.444 e. The van der Waals surface area contributed by atoms with Gasteiger partial charge in [-0.25, -0.2) is 9.78 Å². The van der Waals surface area contributed by atoms with Crippen LogP contribution in [0.4, 0.5) is 10.5 Å². The number of anilines is 1. The first-order valence-electron chi connectivity index (χ1n) is 4.93. The molecule has 1 rings (SSSR count). The number of nitrogens with one attached hydrogen (secondary N) is 1. The number of hydrogen-bond donors (Lipinski definition) is 1. The Bertz CT molecular complexity index is 441. The number of ether oxygens (including phenoxy) is 1. The van der Waals surface area contributed by atoms with Crippen LogP contribution in [0.25, 0.3) is 0 Å². The van der Waals surface area contributed by atoms with Gasteiger partial charge in [0.15, 0.2) is 6.29 Å². The van der Waals surface area contributed by atoms with Gasteiger partial charge in [-0.1, -0.05) is 0 Å². The van der Waals surface area contributed by atoms with Crippen molar-refractivity contribution in [1.29, 1.82) is 0 Å². The Morgan fingerprint density at radius 3 is 2.71 bits per heavy atom. The smallest absolute Gasteiger partial charge is 0.412 e. The van der Waals surface area contributed by atoms with Crippen LogP contribution in [0.5, 0.6) is 0 Å². The Morgan fingerprint density at radius 2 is 2.18 bits per heavy atom.